The lowest BCUT2D eigenvalue weighted by molar-refractivity contribution is -0.139. The fourth-order valence-corrected chi connectivity index (χ4v) is 5.62. The van der Waals surface area contributed by atoms with Gasteiger partial charge >= 0.3 is 5.97 Å². The molecule has 0 radical (unpaired) electrons. The summed E-state index contributed by atoms with van der Waals surface area (Å²) in [6.45, 7) is 8.81. The van der Waals surface area contributed by atoms with Crippen molar-refractivity contribution in [3.63, 3.8) is 0 Å². The first-order chi connectivity index (χ1) is 10.8. The molecule has 3 aliphatic heterocycles. The van der Waals surface area contributed by atoms with E-state index >= 15 is 0 Å². The van der Waals surface area contributed by atoms with Crippen LogP contribution in [-0.4, -0.2) is 23.8 Å². The molecule has 0 aromatic heterocycles. The number of rotatable bonds is 0. The maximum absolute atomic E-state index is 12.1. The third kappa shape index (κ3) is 2.15. The SMILES string of the molecule is CC1=C2C[C@@H]3[C@@](C)(CC/C=C(/C)C[C@H]2OC1=O)[C@@H]1CC[C@@]3(C)O1. The van der Waals surface area contributed by atoms with Gasteiger partial charge in [-0.15, -0.1) is 0 Å². The van der Waals surface area contributed by atoms with Crippen LogP contribution in [0.5, 0.6) is 0 Å². The van der Waals surface area contributed by atoms with Gasteiger partial charge in [-0.3, -0.25) is 0 Å². The van der Waals surface area contributed by atoms with E-state index in [0.717, 1.165) is 31.3 Å². The minimum Gasteiger partial charge on any atom is -0.454 e. The number of allylic oxidation sites excluding steroid dienone is 1. The monoisotopic (exact) mass is 316 g/mol. The largest absolute Gasteiger partial charge is 0.454 e. The molecule has 0 spiro atoms. The Hall–Kier alpha value is -1.09. The van der Waals surface area contributed by atoms with Gasteiger partial charge in [0.25, 0.3) is 0 Å². The Labute approximate surface area is 139 Å². The Bertz CT molecular complexity index is 616. The van der Waals surface area contributed by atoms with E-state index in [1.807, 2.05) is 6.92 Å². The molecule has 2 saturated heterocycles. The van der Waals surface area contributed by atoms with Gasteiger partial charge in [0.1, 0.15) is 6.10 Å². The summed E-state index contributed by atoms with van der Waals surface area (Å²) in [5.41, 5.74) is 3.61. The van der Waals surface area contributed by atoms with E-state index in [1.54, 1.807) is 0 Å². The number of carbonyl (C=O) groups excluding carboxylic acids is 1. The lowest BCUT2D eigenvalue weighted by Gasteiger charge is -2.43. The van der Waals surface area contributed by atoms with E-state index in [0.29, 0.717) is 12.0 Å². The number of ether oxygens (including phenoxy) is 2. The highest BCUT2D eigenvalue weighted by Crippen LogP contribution is 2.62. The average Bonchev–Trinajstić information content (AvgIpc) is 3.05. The molecule has 126 valence electrons. The first-order valence-corrected chi connectivity index (χ1v) is 9.07. The molecule has 0 aromatic carbocycles. The molecule has 0 N–H and O–H groups in total. The second-order valence-electron chi connectivity index (χ2n) is 8.56. The number of carbonyl (C=O) groups is 1. The van der Waals surface area contributed by atoms with Crippen molar-refractivity contribution in [3.8, 4) is 0 Å². The minimum absolute atomic E-state index is 0.0269. The van der Waals surface area contributed by atoms with Crippen LogP contribution in [0.2, 0.25) is 0 Å². The molecule has 4 rings (SSSR count). The molecule has 4 aliphatic rings. The summed E-state index contributed by atoms with van der Waals surface area (Å²) in [4.78, 5) is 12.1. The quantitative estimate of drug-likeness (QED) is 0.493. The maximum Gasteiger partial charge on any atom is 0.334 e. The first-order valence-electron chi connectivity index (χ1n) is 9.07. The van der Waals surface area contributed by atoms with Crippen molar-refractivity contribution in [2.45, 2.75) is 84.0 Å². The molecule has 0 saturated carbocycles. The third-order valence-electron chi connectivity index (χ3n) is 7.12. The van der Waals surface area contributed by atoms with Gasteiger partial charge in [0.05, 0.1) is 11.7 Å². The van der Waals surface area contributed by atoms with Crippen molar-refractivity contribution in [1.29, 1.82) is 0 Å². The molecule has 23 heavy (non-hydrogen) atoms. The highest BCUT2D eigenvalue weighted by atomic mass is 16.5. The highest BCUT2D eigenvalue weighted by Gasteiger charge is 2.62. The van der Waals surface area contributed by atoms with Crippen LogP contribution in [0.25, 0.3) is 0 Å². The summed E-state index contributed by atoms with van der Waals surface area (Å²) < 4.78 is 12.2. The van der Waals surface area contributed by atoms with Gasteiger partial charge in [-0.1, -0.05) is 18.6 Å². The molecular weight excluding hydrogens is 288 g/mol. The molecular formula is C20H28O3. The van der Waals surface area contributed by atoms with E-state index in [-0.39, 0.29) is 23.1 Å². The van der Waals surface area contributed by atoms with Gasteiger partial charge in [0.15, 0.2) is 0 Å². The molecule has 2 fully saturated rings. The van der Waals surface area contributed by atoms with E-state index in [1.165, 1.54) is 24.0 Å². The normalized spacial score (nSPS) is 48.6. The zero-order valence-corrected chi connectivity index (χ0v) is 14.8. The van der Waals surface area contributed by atoms with Crippen LogP contribution in [0.15, 0.2) is 22.8 Å². The topological polar surface area (TPSA) is 35.5 Å². The highest BCUT2D eigenvalue weighted by molar-refractivity contribution is 5.91. The fourth-order valence-electron chi connectivity index (χ4n) is 5.62. The Balaban J connectivity index is 1.77. The van der Waals surface area contributed by atoms with Crippen LogP contribution in [0, 0.1) is 11.3 Å². The van der Waals surface area contributed by atoms with Crippen LogP contribution >= 0.6 is 0 Å². The zero-order chi connectivity index (χ0) is 16.4. The molecule has 0 amide bonds. The molecule has 3 nitrogen and oxygen atoms in total. The Morgan fingerprint density at radius 2 is 1.96 bits per heavy atom. The zero-order valence-electron chi connectivity index (χ0n) is 14.8. The molecule has 5 atom stereocenters. The van der Waals surface area contributed by atoms with Gasteiger partial charge < -0.3 is 9.47 Å². The Morgan fingerprint density at radius 3 is 2.74 bits per heavy atom. The Kier molecular flexibility index (Phi) is 3.32. The summed E-state index contributed by atoms with van der Waals surface area (Å²) in [6.07, 6.45) is 9.10. The van der Waals surface area contributed by atoms with Crippen LogP contribution in [0.4, 0.5) is 0 Å². The predicted molar refractivity (Wildman–Crippen MR) is 88.9 cm³/mol. The van der Waals surface area contributed by atoms with Crippen molar-refractivity contribution < 1.29 is 14.3 Å². The van der Waals surface area contributed by atoms with Crippen molar-refractivity contribution in [3.05, 3.63) is 22.8 Å². The van der Waals surface area contributed by atoms with E-state index in [9.17, 15) is 4.79 Å². The molecule has 3 heterocycles. The number of fused-ring (bicyclic) bond motifs is 6. The van der Waals surface area contributed by atoms with Crippen LogP contribution in [0.1, 0.15) is 66.2 Å². The second-order valence-corrected chi connectivity index (χ2v) is 8.56. The van der Waals surface area contributed by atoms with Gasteiger partial charge in [-0.2, -0.15) is 0 Å². The van der Waals surface area contributed by atoms with Crippen molar-refractivity contribution >= 4 is 5.97 Å². The number of hydrogen-bond donors (Lipinski definition) is 0. The first kappa shape index (κ1) is 15.4. The van der Waals surface area contributed by atoms with Crippen molar-refractivity contribution in [1.82, 2.24) is 0 Å². The van der Waals surface area contributed by atoms with Crippen LogP contribution in [-0.2, 0) is 14.3 Å². The summed E-state index contributed by atoms with van der Waals surface area (Å²) >= 11 is 0. The summed E-state index contributed by atoms with van der Waals surface area (Å²) in [7, 11) is 0. The molecule has 0 aromatic rings. The van der Waals surface area contributed by atoms with Gasteiger partial charge in [-0.25, -0.2) is 4.79 Å². The fraction of sp³-hybridized carbons (Fsp3) is 0.750. The predicted octanol–water partition coefficient (Wildman–Crippen LogP) is 4.32. The Morgan fingerprint density at radius 1 is 1.17 bits per heavy atom. The number of esters is 1. The standard InChI is InChI=1S/C20H28O3/c1-12-6-5-8-19(3)16(20(4)9-7-17(19)23-20)11-14-13(2)18(21)22-15(14)10-12/h6,15-17H,5,7-11H2,1-4H3/b12-6-/t15-,16-,17+,19-,20-/m1/s1. The van der Waals surface area contributed by atoms with E-state index < -0.39 is 0 Å². The van der Waals surface area contributed by atoms with Gasteiger partial charge in [0, 0.05) is 12.0 Å². The minimum atomic E-state index is -0.118. The number of hydrogen-bond acceptors (Lipinski definition) is 3. The van der Waals surface area contributed by atoms with Crippen molar-refractivity contribution in [2.24, 2.45) is 11.3 Å². The lowest BCUT2D eigenvalue weighted by Crippen LogP contribution is -2.43. The molecule has 0 unspecified atom stereocenters. The smallest absolute Gasteiger partial charge is 0.334 e. The maximum atomic E-state index is 12.1. The van der Waals surface area contributed by atoms with E-state index in [4.69, 9.17) is 9.47 Å². The van der Waals surface area contributed by atoms with Crippen molar-refractivity contribution in [2.75, 3.05) is 0 Å². The van der Waals surface area contributed by atoms with Crippen LogP contribution < -0.4 is 0 Å². The average molecular weight is 316 g/mol. The lowest BCUT2D eigenvalue weighted by atomic mass is 9.59. The second kappa shape index (κ2) is 4.95. The van der Waals surface area contributed by atoms with Crippen LogP contribution in [0.3, 0.4) is 0 Å². The molecule has 2 bridgehead atoms. The summed E-state index contributed by atoms with van der Waals surface area (Å²) in [5, 5.41) is 0. The third-order valence-corrected chi connectivity index (χ3v) is 7.12. The summed E-state index contributed by atoms with van der Waals surface area (Å²) in [6, 6.07) is 0. The molecule has 1 aliphatic carbocycles. The van der Waals surface area contributed by atoms with E-state index in [2.05, 4.69) is 26.8 Å². The van der Waals surface area contributed by atoms with Gasteiger partial charge in [0.2, 0.25) is 0 Å². The van der Waals surface area contributed by atoms with Gasteiger partial charge in [-0.05, 0) is 69.8 Å². The summed E-state index contributed by atoms with van der Waals surface area (Å²) in [5.74, 6) is 0.371. The molecule has 3 heteroatoms.